The Kier molecular flexibility index (Phi) is 3.68. The van der Waals surface area contributed by atoms with Crippen LogP contribution in [0.5, 0.6) is 0 Å². The fourth-order valence-electron chi connectivity index (χ4n) is 7.40. The molecule has 0 aromatic carbocycles. The van der Waals surface area contributed by atoms with E-state index in [1.54, 1.807) is 4.90 Å². The van der Waals surface area contributed by atoms with Crippen molar-refractivity contribution in [1.29, 1.82) is 0 Å². The van der Waals surface area contributed by atoms with Gasteiger partial charge in [0, 0.05) is 24.6 Å². The summed E-state index contributed by atoms with van der Waals surface area (Å²) >= 11 is 0. The standard InChI is InChI=1S/C22H32FNO2/c1-21-11-10-16-14(15(21)7-9-19(21)26-13-4-5-13)6-8-18-22(16,2)17(23)12-20(25)24(18)3/h12-16,18-19H,4-11H2,1-3H3/t14-,15-,16+,18?,19?,21-,22-/m0/s1. The summed E-state index contributed by atoms with van der Waals surface area (Å²) in [7, 11) is 1.86. The minimum atomic E-state index is -0.498. The number of carbonyl (C=O) groups excluding carboxylic acids is 1. The largest absolute Gasteiger partial charge is 0.374 e. The Labute approximate surface area is 156 Å². The molecule has 5 rings (SSSR count). The fraction of sp³-hybridized carbons (Fsp3) is 0.864. The van der Waals surface area contributed by atoms with Crippen molar-refractivity contribution in [3.63, 3.8) is 0 Å². The van der Waals surface area contributed by atoms with Crippen molar-refractivity contribution in [2.75, 3.05) is 7.05 Å². The number of carbonyl (C=O) groups is 1. The molecule has 0 bridgehead atoms. The van der Waals surface area contributed by atoms with Crippen LogP contribution in [0, 0.1) is 28.6 Å². The molecule has 144 valence electrons. The predicted molar refractivity (Wildman–Crippen MR) is 98.0 cm³/mol. The third kappa shape index (κ3) is 2.17. The van der Waals surface area contributed by atoms with Gasteiger partial charge in [0.25, 0.3) is 0 Å². The number of nitrogens with zero attached hydrogens (tertiary/aromatic N) is 1. The molecule has 0 radical (unpaired) electrons. The Balaban J connectivity index is 1.46. The van der Waals surface area contributed by atoms with E-state index in [4.69, 9.17) is 4.74 Å². The number of ether oxygens (including phenoxy) is 1. The van der Waals surface area contributed by atoms with Crippen molar-refractivity contribution in [1.82, 2.24) is 4.90 Å². The van der Waals surface area contributed by atoms with Gasteiger partial charge >= 0.3 is 0 Å². The van der Waals surface area contributed by atoms with Crippen molar-refractivity contribution in [2.24, 2.45) is 28.6 Å². The van der Waals surface area contributed by atoms with Crippen molar-refractivity contribution >= 4 is 5.91 Å². The maximum atomic E-state index is 15.2. The molecular formula is C22H32FNO2. The molecule has 1 amide bonds. The molecule has 1 heterocycles. The van der Waals surface area contributed by atoms with Crippen molar-refractivity contribution in [3.8, 4) is 0 Å². The van der Waals surface area contributed by atoms with Gasteiger partial charge in [0.05, 0.1) is 12.2 Å². The maximum absolute atomic E-state index is 15.2. The first-order valence-electron chi connectivity index (χ1n) is 10.7. The molecule has 0 aromatic rings. The topological polar surface area (TPSA) is 29.5 Å². The third-order valence-electron chi connectivity index (χ3n) is 9.05. The van der Waals surface area contributed by atoms with Gasteiger partial charge in [-0.1, -0.05) is 13.8 Å². The summed E-state index contributed by atoms with van der Waals surface area (Å²) in [6.45, 7) is 4.55. The highest BCUT2D eigenvalue weighted by Crippen LogP contribution is 2.66. The minimum Gasteiger partial charge on any atom is -0.374 e. The number of halogens is 1. The van der Waals surface area contributed by atoms with Crippen LogP contribution in [0.1, 0.15) is 65.2 Å². The van der Waals surface area contributed by atoms with Gasteiger partial charge in [0.15, 0.2) is 0 Å². The van der Waals surface area contributed by atoms with Crippen LogP contribution in [0.2, 0.25) is 0 Å². The van der Waals surface area contributed by atoms with Gasteiger partial charge < -0.3 is 9.64 Å². The number of likely N-dealkylation sites (N-methyl/N-ethyl adjacent to an activating group) is 1. The molecule has 0 aromatic heterocycles. The average Bonchev–Trinajstić information content (AvgIpc) is 3.36. The molecule has 4 fully saturated rings. The number of fused-ring (bicyclic) bond motifs is 5. The highest BCUT2D eigenvalue weighted by atomic mass is 19.1. The highest BCUT2D eigenvalue weighted by Gasteiger charge is 2.63. The van der Waals surface area contributed by atoms with E-state index < -0.39 is 5.41 Å². The van der Waals surface area contributed by atoms with E-state index in [0.29, 0.717) is 30.0 Å². The lowest BCUT2D eigenvalue weighted by atomic mass is 9.48. The molecule has 5 aliphatic rings. The summed E-state index contributed by atoms with van der Waals surface area (Å²) in [6.07, 6.45) is 11.3. The second-order valence-electron chi connectivity index (χ2n) is 10.1. The Morgan fingerprint density at radius 3 is 2.58 bits per heavy atom. The predicted octanol–water partition coefficient (Wildman–Crippen LogP) is 4.47. The smallest absolute Gasteiger partial charge is 0.249 e. The quantitative estimate of drug-likeness (QED) is 0.726. The van der Waals surface area contributed by atoms with E-state index in [-0.39, 0.29) is 23.2 Å². The zero-order valence-electron chi connectivity index (χ0n) is 16.3. The van der Waals surface area contributed by atoms with E-state index in [2.05, 4.69) is 13.8 Å². The van der Waals surface area contributed by atoms with E-state index >= 15 is 4.39 Å². The molecule has 0 spiro atoms. The number of rotatable bonds is 2. The molecule has 1 aliphatic heterocycles. The lowest BCUT2D eigenvalue weighted by molar-refractivity contribution is -0.147. The zero-order valence-corrected chi connectivity index (χ0v) is 16.3. The summed E-state index contributed by atoms with van der Waals surface area (Å²) < 4.78 is 21.6. The lowest BCUT2D eigenvalue weighted by Crippen LogP contribution is -2.61. The Morgan fingerprint density at radius 2 is 1.85 bits per heavy atom. The maximum Gasteiger partial charge on any atom is 0.249 e. The Bertz CT molecular complexity index is 659. The third-order valence-corrected chi connectivity index (χ3v) is 9.05. The van der Waals surface area contributed by atoms with Crippen LogP contribution in [-0.4, -0.2) is 36.1 Å². The van der Waals surface area contributed by atoms with Crippen LogP contribution in [-0.2, 0) is 9.53 Å². The SMILES string of the molecule is CN1C(=O)C=C(F)[C@@]2(C)C1CC[C@@H]1[C@H]2CC[C@]2(C)C(OC3CC3)CC[C@@H]12. The van der Waals surface area contributed by atoms with Crippen LogP contribution < -0.4 is 0 Å². The molecule has 2 unspecified atom stereocenters. The van der Waals surface area contributed by atoms with Gasteiger partial charge in [-0.15, -0.1) is 0 Å². The monoisotopic (exact) mass is 361 g/mol. The molecule has 4 aliphatic carbocycles. The molecule has 0 N–H and O–H groups in total. The van der Waals surface area contributed by atoms with Gasteiger partial charge in [-0.25, -0.2) is 4.39 Å². The summed E-state index contributed by atoms with van der Waals surface area (Å²) in [6, 6.07) is 0.0190. The fourth-order valence-corrected chi connectivity index (χ4v) is 7.40. The molecule has 4 saturated carbocycles. The van der Waals surface area contributed by atoms with Crippen molar-refractivity contribution in [3.05, 3.63) is 11.9 Å². The van der Waals surface area contributed by atoms with Crippen molar-refractivity contribution in [2.45, 2.75) is 83.5 Å². The van der Waals surface area contributed by atoms with Crippen LogP contribution in [0.4, 0.5) is 4.39 Å². The van der Waals surface area contributed by atoms with E-state index in [0.717, 1.165) is 25.7 Å². The van der Waals surface area contributed by atoms with Gasteiger partial charge in [-0.05, 0) is 74.5 Å². The molecule has 3 nitrogen and oxygen atoms in total. The van der Waals surface area contributed by atoms with Gasteiger partial charge in [-0.2, -0.15) is 0 Å². The first-order valence-corrected chi connectivity index (χ1v) is 10.7. The first kappa shape index (κ1) is 17.2. The zero-order chi connectivity index (χ0) is 18.3. The molecular weight excluding hydrogens is 329 g/mol. The van der Waals surface area contributed by atoms with Crippen LogP contribution >= 0.6 is 0 Å². The Hall–Kier alpha value is -0.900. The first-order chi connectivity index (χ1) is 12.4. The Morgan fingerprint density at radius 1 is 1.08 bits per heavy atom. The van der Waals surface area contributed by atoms with E-state index in [1.165, 1.54) is 31.8 Å². The normalized spacial score (nSPS) is 50.8. The van der Waals surface area contributed by atoms with E-state index in [9.17, 15) is 4.79 Å². The molecule has 7 atom stereocenters. The van der Waals surface area contributed by atoms with Crippen LogP contribution in [0.15, 0.2) is 11.9 Å². The highest BCUT2D eigenvalue weighted by molar-refractivity contribution is 5.89. The van der Waals surface area contributed by atoms with Crippen LogP contribution in [0.3, 0.4) is 0 Å². The average molecular weight is 362 g/mol. The summed E-state index contributed by atoms with van der Waals surface area (Å²) in [5, 5.41) is 0. The van der Waals surface area contributed by atoms with E-state index in [1.807, 2.05) is 7.05 Å². The second-order valence-corrected chi connectivity index (χ2v) is 10.1. The summed E-state index contributed by atoms with van der Waals surface area (Å²) in [5.74, 6) is 1.25. The molecule has 4 heteroatoms. The number of hydrogen-bond acceptors (Lipinski definition) is 2. The van der Waals surface area contributed by atoms with Gasteiger partial charge in [0.1, 0.15) is 5.83 Å². The van der Waals surface area contributed by atoms with Crippen LogP contribution in [0.25, 0.3) is 0 Å². The molecule has 26 heavy (non-hydrogen) atoms. The number of hydrogen-bond donors (Lipinski definition) is 0. The van der Waals surface area contributed by atoms with Gasteiger partial charge in [0.2, 0.25) is 5.91 Å². The molecule has 0 saturated heterocycles. The van der Waals surface area contributed by atoms with Gasteiger partial charge in [-0.3, -0.25) is 4.79 Å². The second kappa shape index (κ2) is 5.56. The van der Waals surface area contributed by atoms with Crippen molar-refractivity contribution < 1.29 is 13.9 Å². The minimum absolute atomic E-state index is 0.0190. The number of amides is 1. The summed E-state index contributed by atoms with van der Waals surface area (Å²) in [5.41, 5.74) is -0.230. The summed E-state index contributed by atoms with van der Waals surface area (Å²) in [4.78, 5) is 13.9. The lowest BCUT2D eigenvalue weighted by Gasteiger charge is -2.60.